The third kappa shape index (κ3) is 5.15. The van der Waals surface area contributed by atoms with Crippen LogP contribution in [0.2, 0.25) is 0 Å². The zero-order chi connectivity index (χ0) is 24.7. The summed E-state index contributed by atoms with van der Waals surface area (Å²) < 4.78 is 28.2. The summed E-state index contributed by atoms with van der Waals surface area (Å²) in [4.78, 5) is 32.5. The maximum absolute atomic E-state index is 13.7. The average molecular weight is 488 g/mol. The molecule has 2 aromatic heterocycles. The molecule has 2 N–H and O–H groups in total. The van der Waals surface area contributed by atoms with Crippen molar-refractivity contribution in [3.05, 3.63) is 52.3 Å². The van der Waals surface area contributed by atoms with Gasteiger partial charge in [0.25, 0.3) is 11.8 Å². The van der Waals surface area contributed by atoms with Gasteiger partial charge in [0.1, 0.15) is 17.7 Å². The molecule has 0 radical (unpaired) electrons. The van der Waals surface area contributed by atoms with Gasteiger partial charge in [0.15, 0.2) is 0 Å². The number of hydrogen-bond acceptors (Lipinski definition) is 6. The standard InChI is InChI=1S/C25H27F2N3O3S/c1-24(2,33)16-11-19-20(34-23(30-19)15-9-7-14(13-31)8-10-15)12-18(16)29-22(32)17-5-4-6-21(28-17)25(3,26)27/h4-6,11-15,33H,7-10H2,1-3H3,(H,29,32)/t14-,15-. The number of rotatable bonds is 6. The number of pyridine rings is 1. The molecule has 2 heterocycles. The molecule has 0 unspecified atom stereocenters. The fourth-order valence-corrected chi connectivity index (χ4v) is 5.43. The molecule has 0 saturated heterocycles. The number of anilines is 1. The minimum Gasteiger partial charge on any atom is -0.386 e. The Morgan fingerprint density at radius 3 is 2.47 bits per heavy atom. The summed E-state index contributed by atoms with van der Waals surface area (Å²) >= 11 is 1.53. The molecular weight excluding hydrogens is 460 g/mol. The van der Waals surface area contributed by atoms with Crippen molar-refractivity contribution in [3.63, 3.8) is 0 Å². The van der Waals surface area contributed by atoms with Gasteiger partial charge in [-0.25, -0.2) is 9.97 Å². The summed E-state index contributed by atoms with van der Waals surface area (Å²) in [5.74, 6) is -3.42. The predicted octanol–water partition coefficient (Wildman–Crippen LogP) is 5.76. The summed E-state index contributed by atoms with van der Waals surface area (Å²) in [6, 6.07) is 7.42. The van der Waals surface area contributed by atoms with E-state index in [-0.39, 0.29) is 17.5 Å². The SMILES string of the molecule is CC(C)(O)c1cc2nc([C@H]3CC[C@H](C=O)CC3)sc2cc1NC(=O)c1cccc(C(C)(F)F)n1. The fraction of sp³-hybridized carbons (Fsp3) is 0.440. The highest BCUT2D eigenvalue weighted by Gasteiger charge is 2.29. The lowest BCUT2D eigenvalue weighted by Gasteiger charge is -2.23. The normalized spacial score (nSPS) is 19.2. The molecule has 6 nitrogen and oxygen atoms in total. The van der Waals surface area contributed by atoms with E-state index in [0.717, 1.165) is 54.1 Å². The van der Waals surface area contributed by atoms with Gasteiger partial charge in [-0.3, -0.25) is 4.79 Å². The number of thiazole rings is 1. The minimum absolute atomic E-state index is 0.119. The molecule has 34 heavy (non-hydrogen) atoms. The van der Waals surface area contributed by atoms with Crippen LogP contribution in [0.1, 0.15) is 79.1 Å². The number of fused-ring (bicyclic) bond motifs is 1. The zero-order valence-electron chi connectivity index (χ0n) is 19.3. The number of benzene rings is 1. The number of carbonyl (C=O) groups is 2. The lowest BCUT2D eigenvalue weighted by atomic mass is 9.83. The number of hydrogen-bond donors (Lipinski definition) is 2. The Kier molecular flexibility index (Phi) is 6.52. The lowest BCUT2D eigenvalue weighted by Crippen LogP contribution is -2.22. The van der Waals surface area contributed by atoms with Crippen molar-refractivity contribution in [3.8, 4) is 0 Å². The van der Waals surface area contributed by atoms with Crippen molar-refractivity contribution in [2.45, 2.75) is 63.9 Å². The Balaban J connectivity index is 1.66. The van der Waals surface area contributed by atoms with Crippen LogP contribution in [0, 0.1) is 5.92 Å². The van der Waals surface area contributed by atoms with E-state index in [0.29, 0.717) is 11.3 Å². The van der Waals surface area contributed by atoms with E-state index in [9.17, 15) is 23.5 Å². The highest BCUT2D eigenvalue weighted by molar-refractivity contribution is 7.18. The lowest BCUT2D eigenvalue weighted by molar-refractivity contribution is -0.111. The van der Waals surface area contributed by atoms with Gasteiger partial charge in [0, 0.05) is 30.0 Å². The van der Waals surface area contributed by atoms with Crippen LogP contribution in [-0.4, -0.2) is 27.3 Å². The fourth-order valence-electron chi connectivity index (χ4n) is 4.27. The number of aliphatic hydroxyl groups is 1. The number of nitrogens with one attached hydrogen (secondary N) is 1. The molecule has 0 bridgehead atoms. The Morgan fingerprint density at radius 1 is 1.15 bits per heavy atom. The highest BCUT2D eigenvalue weighted by atomic mass is 32.1. The molecule has 180 valence electrons. The first-order valence-corrected chi connectivity index (χ1v) is 12.1. The van der Waals surface area contributed by atoms with Crippen molar-refractivity contribution >= 4 is 39.4 Å². The van der Waals surface area contributed by atoms with E-state index in [1.807, 2.05) is 0 Å². The molecule has 1 aliphatic carbocycles. The van der Waals surface area contributed by atoms with Crippen LogP contribution in [-0.2, 0) is 16.3 Å². The van der Waals surface area contributed by atoms with Crippen molar-refractivity contribution < 1.29 is 23.5 Å². The van der Waals surface area contributed by atoms with Gasteiger partial charge in [-0.15, -0.1) is 11.3 Å². The number of halogens is 2. The van der Waals surface area contributed by atoms with Crippen molar-refractivity contribution in [1.29, 1.82) is 0 Å². The van der Waals surface area contributed by atoms with Gasteiger partial charge in [-0.05, 0) is 63.8 Å². The van der Waals surface area contributed by atoms with Gasteiger partial charge in [-0.1, -0.05) is 6.07 Å². The largest absolute Gasteiger partial charge is 0.386 e. The second-order valence-corrected chi connectivity index (χ2v) is 10.5. The van der Waals surface area contributed by atoms with E-state index < -0.39 is 23.1 Å². The summed E-state index contributed by atoms with van der Waals surface area (Å²) in [6.45, 7) is 3.94. The van der Waals surface area contributed by atoms with E-state index in [1.165, 1.54) is 29.5 Å². The second kappa shape index (κ2) is 9.11. The first-order chi connectivity index (χ1) is 16.0. The van der Waals surface area contributed by atoms with E-state index in [4.69, 9.17) is 4.98 Å². The molecule has 1 saturated carbocycles. The summed E-state index contributed by atoms with van der Waals surface area (Å²) in [5.41, 5.74) is -0.355. The molecule has 1 amide bonds. The molecule has 1 fully saturated rings. The quantitative estimate of drug-likeness (QED) is 0.432. The van der Waals surface area contributed by atoms with Crippen LogP contribution in [0.5, 0.6) is 0 Å². The van der Waals surface area contributed by atoms with Gasteiger partial charge in [0.05, 0.1) is 20.8 Å². The molecule has 0 atom stereocenters. The maximum atomic E-state index is 13.7. The van der Waals surface area contributed by atoms with E-state index >= 15 is 0 Å². The molecule has 4 rings (SSSR count). The number of nitrogens with zero attached hydrogens (tertiary/aromatic N) is 2. The van der Waals surface area contributed by atoms with Gasteiger partial charge >= 0.3 is 0 Å². The third-order valence-electron chi connectivity index (χ3n) is 6.20. The first kappa shape index (κ1) is 24.3. The molecule has 0 spiro atoms. The smallest absolute Gasteiger partial charge is 0.287 e. The average Bonchev–Trinajstić information content (AvgIpc) is 3.20. The zero-order valence-corrected chi connectivity index (χ0v) is 20.1. The summed E-state index contributed by atoms with van der Waals surface area (Å²) in [6.07, 6.45) is 4.53. The second-order valence-electron chi connectivity index (χ2n) is 9.47. The number of amides is 1. The third-order valence-corrected chi connectivity index (χ3v) is 7.38. The van der Waals surface area contributed by atoms with Crippen LogP contribution in [0.4, 0.5) is 14.5 Å². The number of alkyl halides is 2. The van der Waals surface area contributed by atoms with Gasteiger partial charge in [0.2, 0.25) is 0 Å². The summed E-state index contributed by atoms with van der Waals surface area (Å²) in [5, 5.41) is 14.5. The molecule has 0 aliphatic heterocycles. The Labute approximate surface area is 200 Å². The highest BCUT2D eigenvalue weighted by Crippen LogP contribution is 2.41. The van der Waals surface area contributed by atoms with E-state index in [2.05, 4.69) is 10.3 Å². The number of carbonyl (C=O) groups excluding carboxylic acids is 2. The van der Waals surface area contributed by atoms with Gasteiger partial charge < -0.3 is 15.2 Å². The molecule has 9 heteroatoms. The topological polar surface area (TPSA) is 92.2 Å². The van der Waals surface area contributed by atoms with Crippen LogP contribution in [0.3, 0.4) is 0 Å². The molecule has 3 aromatic rings. The minimum atomic E-state index is -3.17. The van der Waals surface area contributed by atoms with Crippen molar-refractivity contribution in [2.24, 2.45) is 5.92 Å². The Hall–Kier alpha value is -2.78. The van der Waals surface area contributed by atoms with Crippen molar-refractivity contribution in [2.75, 3.05) is 5.32 Å². The van der Waals surface area contributed by atoms with Crippen molar-refractivity contribution in [1.82, 2.24) is 9.97 Å². The first-order valence-electron chi connectivity index (χ1n) is 11.2. The molecule has 1 aromatic carbocycles. The predicted molar refractivity (Wildman–Crippen MR) is 127 cm³/mol. The Morgan fingerprint density at radius 2 is 1.85 bits per heavy atom. The maximum Gasteiger partial charge on any atom is 0.287 e. The number of aromatic nitrogens is 2. The van der Waals surface area contributed by atoms with Crippen LogP contribution < -0.4 is 5.32 Å². The van der Waals surface area contributed by atoms with Crippen LogP contribution >= 0.6 is 11.3 Å². The Bertz CT molecular complexity index is 1220. The molecule has 1 aliphatic rings. The van der Waals surface area contributed by atoms with Gasteiger partial charge in [-0.2, -0.15) is 8.78 Å². The van der Waals surface area contributed by atoms with Crippen LogP contribution in [0.25, 0.3) is 10.2 Å². The van der Waals surface area contributed by atoms with Crippen LogP contribution in [0.15, 0.2) is 30.3 Å². The van der Waals surface area contributed by atoms with E-state index in [1.54, 1.807) is 26.0 Å². The monoisotopic (exact) mass is 487 g/mol. The summed E-state index contributed by atoms with van der Waals surface area (Å²) in [7, 11) is 0. The molecular formula is C25H27F2N3O3S. The number of aldehydes is 1.